The van der Waals surface area contributed by atoms with E-state index in [0.29, 0.717) is 10.9 Å². The Hall–Kier alpha value is -0.890. The van der Waals surface area contributed by atoms with Crippen LogP contribution >= 0.6 is 34.8 Å². The van der Waals surface area contributed by atoms with Gasteiger partial charge >= 0.3 is 0 Å². The van der Waals surface area contributed by atoms with Crippen molar-refractivity contribution in [2.45, 2.75) is 12.3 Å². The smallest absolute Gasteiger partial charge is 0.122 e. The van der Waals surface area contributed by atoms with Gasteiger partial charge in [-0.05, 0) is 41.8 Å². The average Bonchev–Trinajstić information content (AvgIpc) is 2.46. The maximum atomic E-state index is 6.25. The summed E-state index contributed by atoms with van der Waals surface area (Å²) < 4.78 is 5.38. The minimum Gasteiger partial charge on any atom is -0.496 e. The predicted octanol–water partition coefficient (Wildman–Crippen LogP) is 5.57. The molecule has 0 aromatic heterocycles. The molecule has 20 heavy (non-hydrogen) atoms. The summed E-state index contributed by atoms with van der Waals surface area (Å²) >= 11 is 18.4. The molecule has 0 aliphatic rings. The topological polar surface area (TPSA) is 9.23 Å². The SMILES string of the molecule is COc1ccc(Cl)cc1CC(CCl)c1ccccc1Cl. The molecule has 2 rings (SSSR count). The second-order valence-corrected chi connectivity index (χ2v) is 5.69. The van der Waals surface area contributed by atoms with Crippen LogP contribution in [0.2, 0.25) is 10.0 Å². The molecule has 2 aromatic rings. The highest BCUT2D eigenvalue weighted by molar-refractivity contribution is 6.31. The fraction of sp³-hybridized carbons (Fsp3) is 0.250. The molecular formula is C16H15Cl3O. The number of benzene rings is 2. The van der Waals surface area contributed by atoms with Gasteiger partial charge in [-0.1, -0.05) is 41.4 Å². The Bertz CT molecular complexity index is 584. The van der Waals surface area contributed by atoms with Crippen LogP contribution < -0.4 is 4.74 Å². The summed E-state index contributed by atoms with van der Waals surface area (Å²) in [6.45, 7) is 0. The van der Waals surface area contributed by atoms with Crippen LogP contribution in [-0.2, 0) is 6.42 Å². The lowest BCUT2D eigenvalue weighted by Crippen LogP contribution is -2.06. The Morgan fingerprint density at radius 1 is 1.10 bits per heavy atom. The third kappa shape index (κ3) is 3.60. The molecule has 1 atom stereocenters. The van der Waals surface area contributed by atoms with Crippen molar-refractivity contribution in [2.24, 2.45) is 0 Å². The molecule has 0 bridgehead atoms. The van der Waals surface area contributed by atoms with E-state index < -0.39 is 0 Å². The molecule has 4 heteroatoms. The normalized spacial score (nSPS) is 12.2. The number of hydrogen-bond acceptors (Lipinski definition) is 1. The first-order valence-corrected chi connectivity index (χ1v) is 7.57. The van der Waals surface area contributed by atoms with Crippen molar-refractivity contribution >= 4 is 34.8 Å². The van der Waals surface area contributed by atoms with E-state index in [1.54, 1.807) is 7.11 Å². The fourth-order valence-corrected chi connectivity index (χ4v) is 2.99. The van der Waals surface area contributed by atoms with Gasteiger partial charge in [-0.2, -0.15) is 0 Å². The molecule has 0 saturated heterocycles. The average molecular weight is 330 g/mol. The van der Waals surface area contributed by atoms with Crippen LogP contribution in [-0.4, -0.2) is 13.0 Å². The van der Waals surface area contributed by atoms with Crippen molar-refractivity contribution < 1.29 is 4.74 Å². The van der Waals surface area contributed by atoms with E-state index >= 15 is 0 Å². The molecule has 106 valence electrons. The van der Waals surface area contributed by atoms with Crippen LogP contribution in [0.1, 0.15) is 17.0 Å². The lowest BCUT2D eigenvalue weighted by atomic mass is 9.93. The largest absolute Gasteiger partial charge is 0.496 e. The van der Waals surface area contributed by atoms with E-state index in [0.717, 1.165) is 28.3 Å². The Morgan fingerprint density at radius 2 is 1.85 bits per heavy atom. The third-order valence-electron chi connectivity index (χ3n) is 3.24. The van der Waals surface area contributed by atoms with Gasteiger partial charge in [-0.15, -0.1) is 11.6 Å². The Kier molecular flexibility index (Phi) is 5.59. The van der Waals surface area contributed by atoms with Crippen molar-refractivity contribution in [1.82, 2.24) is 0 Å². The predicted molar refractivity (Wildman–Crippen MR) is 86.6 cm³/mol. The lowest BCUT2D eigenvalue weighted by molar-refractivity contribution is 0.408. The van der Waals surface area contributed by atoms with E-state index in [2.05, 4.69) is 0 Å². The van der Waals surface area contributed by atoms with Gasteiger partial charge in [-0.25, -0.2) is 0 Å². The van der Waals surface area contributed by atoms with E-state index in [9.17, 15) is 0 Å². The zero-order valence-electron chi connectivity index (χ0n) is 11.1. The van der Waals surface area contributed by atoms with Gasteiger partial charge in [0.2, 0.25) is 0 Å². The molecule has 0 aliphatic carbocycles. The van der Waals surface area contributed by atoms with Crippen molar-refractivity contribution in [3.05, 3.63) is 63.6 Å². The van der Waals surface area contributed by atoms with E-state index in [-0.39, 0.29) is 5.92 Å². The van der Waals surface area contributed by atoms with Gasteiger partial charge in [0, 0.05) is 21.8 Å². The number of hydrogen-bond donors (Lipinski definition) is 0. The molecule has 0 N–H and O–H groups in total. The molecule has 0 fully saturated rings. The van der Waals surface area contributed by atoms with Gasteiger partial charge in [-0.3, -0.25) is 0 Å². The second-order valence-electron chi connectivity index (χ2n) is 4.53. The molecule has 1 unspecified atom stereocenters. The Morgan fingerprint density at radius 3 is 2.50 bits per heavy atom. The number of alkyl halides is 1. The van der Waals surface area contributed by atoms with Crippen LogP contribution in [0, 0.1) is 0 Å². The van der Waals surface area contributed by atoms with Crippen LogP contribution in [0.5, 0.6) is 5.75 Å². The lowest BCUT2D eigenvalue weighted by Gasteiger charge is -2.18. The van der Waals surface area contributed by atoms with Crippen molar-refractivity contribution in [3.8, 4) is 5.75 Å². The minimum absolute atomic E-state index is 0.123. The summed E-state index contributed by atoms with van der Waals surface area (Å²) in [7, 11) is 1.65. The third-order valence-corrected chi connectivity index (χ3v) is 4.19. The maximum Gasteiger partial charge on any atom is 0.122 e. The van der Waals surface area contributed by atoms with Crippen LogP contribution in [0.25, 0.3) is 0 Å². The quantitative estimate of drug-likeness (QED) is 0.652. The van der Waals surface area contributed by atoms with Crippen LogP contribution in [0.3, 0.4) is 0 Å². The maximum absolute atomic E-state index is 6.25. The molecular weight excluding hydrogens is 315 g/mol. The van der Waals surface area contributed by atoms with Crippen LogP contribution in [0.15, 0.2) is 42.5 Å². The summed E-state index contributed by atoms with van der Waals surface area (Å²) in [5.41, 5.74) is 2.08. The number of methoxy groups -OCH3 is 1. The molecule has 0 heterocycles. The first-order chi connectivity index (χ1) is 9.65. The fourth-order valence-electron chi connectivity index (χ4n) is 2.23. The monoisotopic (exact) mass is 328 g/mol. The summed E-state index contributed by atoms with van der Waals surface area (Å²) in [5, 5.41) is 1.42. The van der Waals surface area contributed by atoms with Crippen molar-refractivity contribution in [1.29, 1.82) is 0 Å². The van der Waals surface area contributed by atoms with Gasteiger partial charge in [0.05, 0.1) is 7.11 Å². The summed E-state index contributed by atoms with van der Waals surface area (Å²) in [6.07, 6.45) is 0.733. The first kappa shape index (κ1) is 15.5. The highest BCUT2D eigenvalue weighted by atomic mass is 35.5. The zero-order chi connectivity index (χ0) is 14.5. The second kappa shape index (κ2) is 7.21. The Labute approximate surface area is 134 Å². The summed E-state index contributed by atoms with van der Waals surface area (Å²) in [6, 6.07) is 13.4. The van der Waals surface area contributed by atoms with Gasteiger partial charge in [0.1, 0.15) is 5.75 Å². The van der Waals surface area contributed by atoms with E-state index in [1.807, 2.05) is 42.5 Å². The molecule has 2 aromatic carbocycles. The van der Waals surface area contributed by atoms with Crippen molar-refractivity contribution in [3.63, 3.8) is 0 Å². The molecule has 1 nitrogen and oxygen atoms in total. The van der Waals surface area contributed by atoms with Gasteiger partial charge in [0.15, 0.2) is 0 Å². The van der Waals surface area contributed by atoms with Crippen molar-refractivity contribution in [2.75, 3.05) is 13.0 Å². The van der Waals surface area contributed by atoms with E-state index in [1.165, 1.54) is 0 Å². The van der Waals surface area contributed by atoms with Gasteiger partial charge < -0.3 is 4.74 Å². The molecule has 0 radical (unpaired) electrons. The molecule has 0 aliphatic heterocycles. The summed E-state index contributed by atoms with van der Waals surface area (Å²) in [5.74, 6) is 1.42. The number of rotatable bonds is 5. The molecule has 0 saturated carbocycles. The van der Waals surface area contributed by atoms with E-state index in [4.69, 9.17) is 39.5 Å². The highest BCUT2D eigenvalue weighted by Crippen LogP contribution is 2.32. The molecule has 0 amide bonds. The highest BCUT2D eigenvalue weighted by Gasteiger charge is 2.16. The standard InChI is InChI=1S/C16H15Cl3O/c1-20-16-7-6-13(18)9-11(16)8-12(10-17)14-4-2-3-5-15(14)19/h2-7,9,12H,8,10H2,1H3. The van der Waals surface area contributed by atoms with Gasteiger partial charge in [0.25, 0.3) is 0 Å². The number of ether oxygens (including phenoxy) is 1. The summed E-state index contributed by atoms with van der Waals surface area (Å²) in [4.78, 5) is 0. The first-order valence-electron chi connectivity index (χ1n) is 6.28. The number of halogens is 3. The minimum atomic E-state index is 0.123. The zero-order valence-corrected chi connectivity index (χ0v) is 13.3. The van der Waals surface area contributed by atoms with Crippen LogP contribution in [0.4, 0.5) is 0 Å². The molecule has 0 spiro atoms. The Balaban J connectivity index is 2.31.